The average Bonchev–Trinajstić information content (AvgIpc) is 2.75. The van der Waals surface area contributed by atoms with Gasteiger partial charge in [-0.2, -0.15) is 0 Å². The minimum Gasteiger partial charge on any atom is -0.481 e. The van der Waals surface area contributed by atoms with Crippen LogP contribution in [0, 0.1) is 5.82 Å². The van der Waals surface area contributed by atoms with Gasteiger partial charge < -0.3 is 9.67 Å². The van der Waals surface area contributed by atoms with E-state index in [4.69, 9.17) is 16.7 Å². The number of carboxylic acid groups (broad SMARTS) is 1. The summed E-state index contributed by atoms with van der Waals surface area (Å²) >= 11 is 6.88. The summed E-state index contributed by atoms with van der Waals surface area (Å²) in [6, 6.07) is 2.80. The number of fused-ring (bicyclic) bond motifs is 1. The molecule has 4 nitrogen and oxygen atoms in total. The predicted octanol–water partition coefficient (Wildman–Crippen LogP) is 3.97. The lowest BCUT2D eigenvalue weighted by molar-refractivity contribution is -0.133. The summed E-state index contributed by atoms with van der Waals surface area (Å²) in [6.45, 7) is 2.52. The van der Waals surface area contributed by atoms with Crippen molar-refractivity contribution >= 4 is 40.4 Å². The highest BCUT2D eigenvalue weighted by atomic mass is 35.5. The van der Waals surface area contributed by atoms with Gasteiger partial charge in [0, 0.05) is 12.6 Å². The van der Waals surface area contributed by atoms with Crippen molar-refractivity contribution < 1.29 is 14.3 Å². The molecule has 0 radical (unpaired) electrons. The number of imidazole rings is 1. The lowest BCUT2D eigenvalue weighted by Crippen LogP contribution is -2.03. The molecule has 1 heterocycles. The topological polar surface area (TPSA) is 55.1 Å². The molecular weight excluding hydrogens is 315 g/mol. The van der Waals surface area contributed by atoms with Crippen molar-refractivity contribution in [1.82, 2.24) is 9.55 Å². The number of benzene rings is 1. The van der Waals surface area contributed by atoms with E-state index in [0.29, 0.717) is 22.7 Å². The number of aryl methyl sites for hydroxylation is 1. The average molecular weight is 329 g/mol. The summed E-state index contributed by atoms with van der Waals surface area (Å²) in [5.74, 6) is -1.52. The highest BCUT2D eigenvalue weighted by molar-refractivity contribution is 7.99. The molecule has 0 spiro atoms. The number of nitrogens with zero attached hydrogens (tertiary/aromatic N) is 2. The van der Waals surface area contributed by atoms with Gasteiger partial charge in [0.15, 0.2) is 5.16 Å². The summed E-state index contributed by atoms with van der Waals surface area (Å²) in [5, 5.41) is 9.36. The van der Waals surface area contributed by atoms with E-state index in [1.807, 2.05) is 23.6 Å². The first kappa shape index (κ1) is 15.9. The molecule has 0 fully saturated rings. The lowest BCUT2D eigenvalue weighted by atomic mass is 10.3. The Kier molecular flexibility index (Phi) is 5.25. The molecule has 7 heteroatoms. The zero-order valence-corrected chi connectivity index (χ0v) is 12.9. The summed E-state index contributed by atoms with van der Waals surface area (Å²) in [6.07, 6.45) is 4.68. The van der Waals surface area contributed by atoms with Crippen LogP contribution in [0.25, 0.3) is 11.0 Å². The number of halogens is 2. The Morgan fingerprint density at radius 3 is 3.00 bits per heavy atom. The first-order chi connectivity index (χ1) is 10.0. The molecule has 21 heavy (non-hydrogen) atoms. The number of aromatic nitrogens is 2. The van der Waals surface area contributed by atoms with Gasteiger partial charge in [0.05, 0.1) is 21.8 Å². The van der Waals surface area contributed by atoms with E-state index in [0.717, 1.165) is 18.2 Å². The Hall–Kier alpha value is -1.53. The highest BCUT2D eigenvalue weighted by Gasteiger charge is 2.14. The molecule has 112 valence electrons. The van der Waals surface area contributed by atoms with Crippen LogP contribution in [0.5, 0.6) is 0 Å². The van der Waals surface area contributed by atoms with Crippen LogP contribution in [0.4, 0.5) is 4.39 Å². The van der Waals surface area contributed by atoms with Crippen LogP contribution < -0.4 is 0 Å². The summed E-state index contributed by atoms with van der Waals surface area (Å²) in [4.78, 5) is 15.1. The molecule has 1 aromatic heterocycles. The van der Waals surface area contributed by atoms with Crippen LogP contribution in [0.15, 0.2) is 29.4 Å². The van der Waals surface area contributed by atoms with Crippen molar-refractivity contribution in [3.63, 3.8) is 0 Å². The van der Waals surface area contributed by atoms with Crippen LogP contribution >= 0.6 is 23.4 Å². The van der Waals surface area contributed by atoms with E-state index in [1.165, 1.54) is 12.1 Å². The molecule has 2 rings (SSSR count). The Labute approximate surface area is 130 Å². The van der Waals surface area contributed by atoms with E-state index in [9.17, 15) is 9.18 Å². The predicted molar refractivity (Wildman–Crippen MR) is 82.5 cm³/mol. The van der Waals surface area contributed by atoms with E-state index >= 15 is 0 Å². The van der Waals surface area contributed by atoms with Gasteiger partial charge in [0.25, 0.3) is 0 Å². The molecule has 0 aliphatic carbocycles. The second-order valence-corrected chi connectivity index (χ2v) is 5.69. The van der Waals surface area contributed by atoms with Crippen molar-refractivity contribution in [2.75, 3.05) is 5.75 Å². The second kappa shape index (κ2) is 6.95. The van der Waals surface area contributed by atoms with Gasteiger partial charge >= 0.3 is 5.97 Å². The number of carbonyl (C=O) groups is 1. The largest absolute Gasteiger partial charge is 0.481 e. The van der Waals surface area contributed by atoms with Crippen LogP contribution in [0.2, 0.25) is 5.02 Å². The van der Waals surface area contributed by atoms with Crippen molar-refractivity contribution in [2.24, 2.45) is 0 Å². The lowest BCUT2D eigenvalue weighted by Gasteiger charge is -2.06. The van der Waals surface area contributed by atoms with Crippen molar-refractivity contribution in [1.29, 1.82) is 0 Å². The first-order valence-electron chi connectivity index (χ1n) is 6.34. The maximum absolute atomic E-state index is 13.7. The zero-order valence-electron chi connectivity index (χ0n) is 11.3. The minimum absolute atomic E-state index is 0.00962. The molecular formula is C14H14ClFN2O2S. The fraction of sp³-hybridized carbons (Fsp3) is 0.286. The fourth-order valence-corrected chi connectivity index (χ4v) is 2.84. The fourth-order valence-electron chi connectivity index (χ4n) is 1.92. The zero-order chi connectivity index (χ0) is 15.4. The number of allylic oxidation sites excluding steroid dienone is 2. The molecule has 0 saturated carbocycles. The SMILES string of the molecule is C/C=C/CCn1c(SCC(=O)O)nc2cc(Cl)c(F)cc21. The standard InChI is InChI=1S/C14H14ClFN2O2S/c1-2-3-4-5-18-12-7-10(16)9(15)6-11(12)17-14(18)21-8-13(19)20/h2-3,6-7H,4-5,8H2,1H3,(H,19,20)/b3-2+. The number of thioether (sulfide) groups is 1. The molecule has 0 bridgehead atoms. The van der Waals surface area contributed by atoms with Crippen molar-refractivity contribution in [3.05, 3.63) is 35.1 Å². The van der Waals surface area contributed by atoms with E-state index in [2.05, 4.69) is 4.98 Å². The number of rotatable bonds is 6. The van der Waals surface area contributed by atoms with Crippen molar-refractivity contribution in [3.8, 4) is 0 Å². The molecule has 0 aliphatic heterocycles. The van der Waals surface area contributed by atoms with Gasteiger partial charge in [0.2, 0.25) is 0 Å². The third kappa shape index (κ3) is 3.77. The molecule has 1 N–H and O–H groups in total. The first-order valence-corrected chi connectivity index (χ1v) is 7.70. The van der Waals surface area contributed by atoms with E-state index < -0.39 is 11.8 Å². The Bertz CT molecular complexity index is 700. The van der Waals surface area contributed by atoms with Gasteiger partial charge in [-0.15, -0.1) is 0 Å². The highest BCUT2D eigenvalue weighted by Crippen LogP contribution is 2.28. The van der Waals surface area contributed by atoms with Gasteiger partial charge in [-0.05, 0) is 19.4 Å². The van der Waals surface area contributed by atoms with E-state index in [-0.39, 0.29) is 10.8 Å². The smallest absolute Gasteiger partial charge is 0.313 e. The van der Waals surface area contributed by atoms with Gasteiger partial charge in [-0.1, -0.05) is 35.5 Å². The Morgan fingerprint density at radius 2 is 2.33 bits per heavy atom. The maximum atomic E-state index is 13.7. The van der Waals surface area contributed by atoms with Gasteiger partial charge in [0.1, 0.15) is 5.82 Å². The third-order valence-corrected chi connectivity index (χ3v) is 4.09. The van der Waals surface area contributed by atoms with E-state index in [1.54, 1.807) is 0 Å². The summed E-state index contributed by atoms with van der Waals surface area (Å²) < 4.78 is 15.5. The molecule has 0 amide bonds. The number of aliphatic carboxylic acids is 1. The quantitative estimate of drug-likeness (QED) is 0.644. The second-order valence-electron chi connectivity index (χ2n) is 4.34. The molecule has 2 aromatic rings. The molecule has 1 aromatic carbocycles. The number of hydrogen-bond donors (Lipinski definition) is 1. The van der Waals surface area contributed by atoms with Crippen LogP contribution in [-0.2, 0) is 11.3 Å². The Balaban J connectivity index is 2.43. The summed E-state index contributed by atoms with van der Waals surface area (Å²) in [5.41, 5.74) is 1.18. The summed E-state index contributed by atoms with van der Waals surface area (Å²) in [7, 11) is 0. The normalized spacial score (nSPS) is 11.6. The van der Waals surface area contributed by atoms with Crippen LogP contribution in [0.3, 0.4) is 0 Å². The molecule has 0 aliphatic rings. The van der Waals surface area contributed by atoms with Crippen molar-refractivity contribution in [2.45, 2.75) is 25.0 Å². The third-order valence-electron chi connectivity index (χ3n) is 2.84. The molecule has 0 unspecified atom stereocenters. The molecule has 0 atom stereocenters. The minimum atomic E-state index is -0.920. The monoisotopic (exact) mass is 328 g/mol. The molecule has 0 saturated heterocycles. The number of carboxylic acids is 1. The van der Waals surface area contributed by atoms with Crippen LogP contribution in [0.1, 0.15) is 13.3 Å². The maximum Gasteiger partial charge on any atom is 0.313 e. The number of hydrogen-bond acceptors (Lipinski definition) is 3. The van der Waals surface area contributed by atoms with Gasteiger partial charge in [-0.25, -0.2) is 9.37 Å². The van der Waals surface area contributed by atoms with Gasteiger partial charge in [-0.3, -0.25) is 4.79 Å². The van der Waals surface area contributed by atoms with Crippen LogP contribution in [-0.4, -0.2) is 26.4 Å². The Morgan fingerprint density at radius 1 is 1.57 bits per heavy atom.